The van der Waals surface area contributed by atoms with Gasteiger partial charge in [0.1, 0.15) is 5.69 Å². The molecule has 2 atom stereocenters. The van der Waals surface area contributed by atoms with Gasteiger partial charge >= 0.3 is 0 Å². The van der Waals surface area contributed by atoms with Crippen molar-refractivity contribution in [1.82, 2.24) is 4.90 Å². The van der Waals surface area contributed by atoms with Crippen molar-refractivity contribution >= 4 is 17.2 Å². The number of nitrogens with zero attached hydrogens (tertiary/aromatic N) is 2. The molecule has 1 saturated heterocycles. The maximum atomic E-state index is 12.6. The van der Waals surface area contributed by atoms with Crippen molar-refractivity contribution < 1.29 is 14.9 Å². The van der Waals surface area contributed by atoms with Crippen LogP contribution in [0.2, 0.25) is 0 Å². The molecule has 6 nitrogen and oxygen atoms in total. The monoisotopic (exact) mass is 331 g/mol. The fourth-order valence-electron chi connectivity index (χ4n) is 3.97. The molecule has 0 amide bonds. The van der Waals surface area contributed by atoms with Crippen molar-refractivity contribution in [1.29, 1.82) is 0 Å². The quantitative estimate of drug-likeness (QED) is 0.774. The molecule has 0 bridgehead atoms. The zero-order valence-corrected chi connectivity index (χ0v) is 14.0. The number of aliphatic hydroxyl groups is 1. The number of morpholine rings is 1. The SMILES string of the molecule is [O-][NH+]1C(CCCN2CCOCC2)=Nc2cc3c(cc21)CC(CO)C3. The molecule has 0 radical (unpaired) electrons. The standard InChI is InChI=1S/C18H25N3O3/c22-12-13-8-14-10-16-17(11-15(14)9-13)21(23)18(19-16)2-1-3-20-4-6-24-7-5-20/h10-11,13,21-22H,1-9,12H2. The topological polar surface area (TPSA) is 72.6 Å². The summed E-state index contributed by atoms with van der Waals surface area (Å²) >= 11 is 0. The van der Waals surface area contributed by atoms with Crippen LogP contribution < -0.4 is 5.06 Å². The van der Waals surface area contributed by atoms with Crippen LogP contribution in [0.3, 0.4) is 0 Å². The van der Waals surface area contributed by atoms with Crippen LogP contribution in [0.5, 0.6) is 0 Å². The van der Waals surface area contributed by atoms with Crippen molar-refractivity contribution in [3.8, 4) is 0 Å². The number of nitrogens with one attached hydrogen (secondary N) is 1. The Morgan fingerprint density at radius 2 is 2.00 bits per heavy atom. The van der Waals surface area contributed by atoms with Gasteiger partial charge in [-0.1, -0.05) is 0 Å². The maximum absolute atomic E-state index is 12.6. The fourth-order valence-corrected chi connectivity index (χ4v) is 3.97. The summed E-state index contributed by atoms with van der Waals surface area (Å²) in [5.41, 5.74) is 4.05. The van der Waals surface area contributed by atoms with E-state index in [1.165, 1.54) is 11.1 Å². The second kappa shape index (κ2) is 6.90. The van der Waals surface area contributed by atoms with Gasteiger partial charge in [-0.15, -0.1) is 0 Å². The van der Waals surface area contributed by atoms with Gasteiger partial charge in [-0.3, -0.25) is 9.96 Å². The summed E-state index contributed by atoms with van der Waals surface area (Å²) in [5, 5.41) is 22.1. The Morgan fingerprint density at radius 1 is 1.25 bits per heavy atom. The Morgan fingerprint density at radius 3 is 2.75 bits per heavy atom. The Hall–Kier alpha value is -1.31. The van der Waals surface area contributed by atoms with Crippen molar-refractivity contribution in [2.24, 2.45) is 10.9 Å². The van der Waals surface area contributed by atoms with Crippen LogP contribution in [-0.2, 0) is 17.6 Å². The Kier molecular flexibility index (Phi) is 4.65. The molecule has 24 heavy (non-hydrogen) atoms. The zero-order valence-electron chi connectivity index (χ0n) is 14.0. The van der Waals surface area contributed by atoms with E-state index in [4.69, 9.17) is 4.74 Å². The van der Waals surface area contributed by atoms with E-state index in [-0.39, 0.29) is 11.7 Å². The number of aliphatic hydroxyl groups excluding tert-OH is 1. The highest BCUT2D eigenvalue weighted by Gasteiger charge is 2.29. The summed E-state index contributed by atoms with van der Waals surface area (Å²) < 4.78 is 5.36. The van der Waals surface area contributed by atoms with Gasteiger partial charge in [0.05, 0.1) is 13.2 Å². The van der Waals surface area contributed by atoms with E-state index in [2.05, 4.69) is 16.0 Å². The van der Waals surface area contributed by atoms with Crippen LogP contribution in [0.15, 0.2) is 17.1 Å². The van der Waals surface area contributed by atoms with Gasteiger partial charge in [-0.25, -0.2) is 0 Å². The van der Waals surface area contributed by atoms with Crippen molar-refractivity contribution in [2.45, 2.75) is 25.7 Å². The fraction of sp³-hybridized carbons (Fsp3) is 0.611. The summed E-state index contributed by atoms with van der Waals surface area (Å²) in [6.45, 7) is 4.81. The second-order valence-corrected chi connectivity index (χ2v) is 7.04. The molecule has 1 aromatic rings. The number of hydrogen-bond donors (Lipinski definition) is 2. The van der Waals surface area contributed by atoms with Gasteiger partial charge in [0.15, 0.2) is 5.69 Å². The van der Waals surface area contributed by atoms with E-state index in [1.54, 1.807) is 0 Å². The number of ether oxygens (including phenoxy) is 1. The van der Waals surface area contributed by atoms with E-state index >= 15 is 0 Å². The van der Waals surface area contributed by atoms with Crippen LogP contribution in [0.1, 0.15) is 24.0 Å². The first-order valence-electron chi connectivity index (χ1n) is 8.93. The lowest BCUT2D eigenvalue weighted by molar-refractivity contribution is -0.665. The summed E-state index contributed by atoms with van der Waals surface area (Å²) in [5.74, 6) is 1.01. The van der Waals surface area contributed by atoms with Crippen LogP contribution in [-0.4, -0.2) is 55.3 Å². The molecule has 2 unspecified atom stereocenters. The Labute approximate surface area is 142 Å². The van der Waals surface area contributed by atoms with Gasteiger partial charge in [0, 0.05) is 32.2 Å². The average Bonchev–Trinajstić information content (AvgIpc) is 3.15. The minimum absolute atomic E-state index is 0.0993. The number of aliphatic imine (C=N–C) groups is 1. The molecule has 2 aliphatic heterocycles. The van der Waals surface area contributed by atoms with E-state index in [0.29, 0.717) is 11.8 Å². The van der Waals surface area contributed by atoms with E-state index < -0.39 is 0 Å². The molecule has 3 aliphatic rings. The van der Waals surface area contributed by atoms with Gasteiger partial charge in [-0.2, -0.15) is 4.99 Å². The smallest absolute Gasteiger partial charge is 0.207 e. The molecule has 2 heterocycles. The van der Waals surface area contributed by atoms with Crippen LogP contribution >= 0.6 is 0 Å². The molecule has 4 rings (SSSR count). The van der Waals surface area contributed by atoms with Crippen molar-refractivity contribution in [3.05, 3.63) is 28.5 Å². The zero-order chi connectivity index (χ0) is 16.5. The third kappa shape index (κ3) is 3.12. The molecule has 1 aromatic carbocycles. The molecule has 6 heteroatoms. The van der Waals surface area contributed by atoms with E-state index in [1.807, 2.05) is 6.07 Å². The number of benzene rings is 1. The van der Waals surface area contributed by atoms with E-state index in [9.17, 15) is 10.3 Å². The molecule has 0 aromatic heterocycles. The molecule has 1 fully saturated rings. The maximum Gasteiger partial charge on any atom is 0.207 e. The van der Waals surface area contributed by atoms with Gasteiger partial charge in [0.2, 0.25) is 5.84 Å². The summed E-state index contributed by atoms with van der Waals surface area (Å²) in [4.78, 5) is 6.99. The first-order valence-corrected chi connectivity index (χ1v) is 8.93. The van der Waals surface area contributed by atoms with Crippen LogP contribution in [0, 0.1) is 11.1 Å². The predicted molar refractivity (Wildman–Crippen MR) is 92.0 cm³/mol. The third-order valence-corrected chi connectivity index (χ3v) is 5.35. The summed E-state index contributed by atoms with van der Waals surface area (Å²) in [6.07, 6.45) is 3.48. The molecular weight excluding hydrogens is 306 g/mol. The minimum Gasteiger partial charge on any atom is -0.622 e. The molecule has 2 N–H and O–H groups in total. The summed E-state index contributed by atoms with van der Waals surface area (Å²) in [7, 11) is 0. The highest BCUT2D eigenvalue weighted by molar-refractivity contribution is 5.87. The lowest BCUT2D eigenvalue weighted by Crippen LogP contribution is -3.03. The number of hydroxylamine groups is 1. The second-order valence-electron chi connectivity index (χ2n) is 7.04. The number of fused-ring (bicyclic) bond motifs is 2. The first-order chi connectivity index (χ1) is 11.7. The molecule has 1 aliphatic carbocycles. The normalized spacial score (nSPS) is 26.3. The lowest BCUT2D eigenvalue weighted by atomic mass is 10.1. The molecule has 130 valence electrons. The van der Waals surface area contributed by atoms with Gasteiger partial charge < -0.3 is 15.1 Å². The predicted octanol–water partition coefficient (Wildman–Crippen LogP) is 0.564. The van der Waals surface area contributed by atoms with Gasteiger partial charge in [-0.05, 0) is 48.9 Å². The highest BCUT2D eigenvalue weighted by Crippen LogP contribution is 2.35. The van der Waals surface area contributed by atoms with Crippen LogP contribution in [0.4, 0.5) is 11.4 Å². The number of rotatable bonds is 5. The number of amidine groups is 1. The molecule has 0 spiro atoms. The van der Waals surface area contributed by atoms with Crippen LogP contribution in [0.25, 0.3) is 0 Å². The third-order valence-electron chi connectivity index (χ3n) is 5.35. The minimum atomic E-state index is 0.0993. The van der Waals surface area contributed by atoms with Crippen molar-refractivity contribution in [2.75, 3.05) is 39.5 Å². The largest absolute Gasteiger partial charge is 0.622 e. The molecule has 0 saturated carbocycles. The van der Waals surface area contributed by atoms with Crippen molar-refractivity contribution in [3.63, 3.8) is 0 Å². The average molecular weight is 331 g/mol. The van der Waals surface area contributed by atoms with Gasteiger partial charge in [0.25, 0.3) is 0 Å². The first kappa shape index (κ1) is 16.2. The summed E-state index contributed by atoms with van der Waals surface area (Å²) in [6, 6.07) is 4.08. The lowest BCUT2D eigenvalue weighted by Gasteiger charge is -2.26. The number of hydrogen-bond acceptors (Lipinski definition) is 5. The Balaban J connectivity index is 1.39. The molecular formula is C18H25N3O3. The highest BCUT2D eigenvalue weighted by atomic mass is 16.5. The number of quaternary nitrogens is 1. The Bertz CT molecular complexity index is 641. The van der Waals surface area contributed by atoms with E-state index in [0.717, 1.165) is 69.9 Å².